The lowest BCUT2D eigenvalue weighted by molar-refractivity contribution is 0.0997. The molecule has 0 saturated heterocycles. The maximum absolute atomic E-state index is 12.2. The quantitative estimate of drug-likeness (QED) is 0.302. The van der Waals surface area contributed by atoms with Crippen molar-refractivity contribution in [2.24, 2.45) is 5.73 Å². The van der Waals surface area contributed by atoms with Gasteiger partial charge in [0.15, 0.2) is 20.4 Å². The standard InChI is InChI=1S/C25H29ClN6O4S2/c1-14(17-7-6-15(8-18(17)26)9-30-25(2,3)4)36-23-21(22(27)33)37-24(31-23)19-10-29-20-11-28-16(12-32(19)20)13-38(5,34)35/h6-8,10-12,14,30H,9,13H2,1-5H3,(H2,27,33)/t14-/m1/s1. The highest BCUT2D eigenvalue weighted by atomic mass is 35.5. The van der Waals surface area contributed by atoms with E-state index in [2.05, 4.69) is 41.0 Å². The molecule has 3 N–H and O–H groups in total. The largest absolute Gasteiger partial charge is 0.469 e. The first-order valence-electron chi connectivity index (χ1n) is 11.7. The summed E-state index contributed by atoms with van der Waals surface area (Å²) >= 11 is 7.64. The number of ether oxygens (including phenoxy) is 1. The minimum absolute atomic E-state index is 0.0261. The number of amides is 1. The highest BCUT2D eigenvalue weighted by molar-refractivity contribution is 7.89. The van der Waals surface area contributed by atoms with Gasteiger partial charge in [-0.15, -0.1) is 11.3 Å². The normalized spacial score (nSPS) is 13.1. The van der Waals surface area contributed by atoms with Gasteiger partial charge >= 0.3 is 0 Å². The molecule has 10 nitrogen and oxygen atoms in total. The minimum atomic E-state index is -3.28. The van der Waals surface area contributed by atoms with Gasteiger partial charge in [0.05, 0.1) is 23.8 Å². The molecule has 3 aromatic heterocycles. The summed E-state index contributed by atoms with van der Waals surface area (Å²) in [5.74, 6) is -0.818. The Morgan fingerprint density at radius 3 is 2.63 bits per heavy atom. The second kappa shape index (κ2) is 10.6. The third-order valence-corrected chi connectivity index (χ3v) is 7.73. The number of carbonyl (C=O) groups excluding carboxylic acids is 1. The molecule has 0 saturated carbocycles. The molecule has 0 unspecified atom stereocenters. The summed E-state index contributed by atoms with van der Waals surface area (Å²) in [6.07, 6.45) is 5.26. The van der Waals surface area contributed by atoms with E-state index in [9.17, 15) is 13.2 Å². The third-order valence-electron chi connectivity index (χ3n) is 5.51. The molecular weight excluding hydrogens is 548 g/mol. The van der Waals surface area contributed by atoms with Gasteiger partial charge in [0.2, 0.25) is 5.88 Å². The predicted molar refractivity (Wildman–Crippen MR) is 148 cm³/mol. The van der Waals surface area contributed by atoms with Crippen molar-refractivity contribution in [3.63, 3.8) is 0 Å². The van der Waals surface area contributed by atoms with Crippen LogP contribution in [0.3, 0.4) is 0 Å². The number of benzene rings is 1. The highest BCUT2D eigenvalue weighted by Gasteiger charge is 2.24. The summed E-state index contributed by atoms with van der Waals surface area (Å²) in [7, 11) is -3.28. The van der Waals surface area contributed by atoms with Crippen molar-refractivity contribution in [3.05, 3.63) is 63.5 Å². The van der Waals surface area contributed by atoms with E-state index in [1.54, 1.807) is 16.8 Å². The van der Waals surface area contributed by atoms with Gasteiger partial charge in [-0.05, 0) is 39.3 Å². The first-order valence-corrected chi connectivity index (χ1v) is 15.0. The van der Waals surface area contributed by atoms with Gasteiger partial charge in [-0.1, -0.05) is 23.7 Å². The van der Waals surface area contributed by atoms with E-state index in [-0.39, 0.29) is 22.0 Å². The molecule has 13 heteroatoms. The minimum Gasteiger partial charge on any atom is -0.469 e. The summed E-state index contributed by atoms with van der Waals surface area (Å²) < 4.78 is 31.2. The Balaban J connectivity index is 1.62. The van der Waals surface area contributed by atoms with Crippen LogP contribution in [-0.2, 0) is 22.1 Å². The maximum atomic E-state index is 12.2. The lowest BCUT2D eigenvalue weighted by Crippen LogP contribution is -2.35. The van der Waals surface area contributed by atoms with Gasteiger partial charge in [0, 0.05) is 35.1 Å². The van der Waals surface area contributed by atoms with Crippen LogP contribution in [0.1, 0.15) is 60.3 Å². The molecule has 0 radical (unpaired) electrons. The van der Waals surface area contributed by atoms with Crippen LogP contribution in [0.25, 0.3) is 16.3 Å². The Morgan fingerprint density at radius 1 is 1.26 bits per heavy atom. The number of sulfone groups is 1. The van der Waals surface area contributed by atoms with Gasteiger partial charge in [0.1, 0.15) is 16.8 Å². The van der Waals surface area contributed by atoms with Crippen LogP contribution in [0.2, 0.25) is 5.02 Å². The average molecular weight is 577 g/mol. The molecule has 0 spiro atoms. The fourth-order valence-electron chi connectivity index (χ4n) is 3.69. The fourth-order valence-corrected chi connectivity index (χ4v) is 5.59. The Labute approximate surface area is 230 Å². The van der Waals surface area contributed by atoms with Crippen LogP contribution >= 0.6 is 22.9 Å². The summed E-state index contributed by atoms with van der Waals surface area (Å²) in [6, 6.07) is 5.75. The third kappa shape index (κ3) is 6.68. The average Bonchev–Trinajstić information content (AvgIpc) is 3.40. The molecule has 38 heavy (non-hydrogen) atoms. The van der Waals surface area contributed by atoms with Gasteiger partial charge in [-0.2, -0.15) is 4.98 Å². The van der Waals surface area contributed by atoms with Crippen LogP contribution < -0.4 is 15.8 Å². The van der Waals surface area contributed by atoms with E-state index in [0.29, 0.717) is 33.6 Å². The number of thiazole rings is 1. The lowest BCUT2D eigenvalue weighted by atomic mass is 10.1. The summed E-state index contributed by atoms with van der Waals surface area (Å²) in [5, 5.41) is 4.39. The number of nitrogens with zero attached hydrogens (tertiary/aromatic N) is 4. The van der Waals surface area contributed by atoms with Crippen LogP contribution in [0.15, 0.2) is 36.8 Å². The van der Waals surface area contributed by atoms with Gasteiger partial charge in [-0.3, -0.25) is 14.2 Å². The smallest absolute Gasteiger partial charge is 0.264 e. The molecule has 3 heterocycles. The Morgan fingerprint density at radius 2 is 2.00 bits per heavy atom. The molecule has 0 bridgehead atoms. The Bertz CT molecular complexity index is 1610. The number of nitrogens with one attached hydrogen (secondary N) is 1. The van der Waals surface area contributed by atoms with Crippen molar-refractivity contribution < 1.29 is 17.9 Å². The number of rotatable bonds is 9. The van der Waals surface area contributed by atoms with Crippen molar-refractivity contribution in [1.29, 1.82) is 0 Å². The SMILES string of the molecule is C[C@@H](Oc1nc(-c2cnc3cnc(CS(C)(=O)=O)cn23)sc1C(N)=O)c1ccc(CNC(C)(C)C)cc1Cl. The molecule has 4 aromatic rings. The van der Waals surface area contributed by atoms with Gasteiger partial charge < -0.3 is 15.8 Å². The molecule has 0 fully saturated rings. The molecule has 4 rings (SSSR count). The van der Waals surface area contributed by atoms with Crippen LogP contribution in [-0.4, -0.2) is 45.5 Å². The van der Waals surface area contributed by atoms with E-state index < -0.39 is 21.8 Å². The zero-order valence-corrected chi connectivity index (χ0v) is 24.0. The summed E-state index contributed by atoms with van der Waals surface area (Å²) in [4.78, 5) is 25.4. The number of primary amides is 1. The molecule has 202 valence electrons. The zero-order valence-electron chi connectivity index (χ0n) is 21.6. The molecule has 1 aromatic carbocycles. The number of imidazole rings is 1. The summed E-state index contributed by atoms with van der Waals surface area (Å²) in [6.45, 7) is 8.76. The molecular formula is C25H29ClN6O4S2. The van der Waals surface area contributed by atoms with Crippen molar-refractivity contribution in [2.75, 3.05) is 6.26 Å². The van der Waals surface area contributed by atoms with Gasteiger partial charge in [-0.25, -0.2) is 13.4 Å². The zero-order chi connectivity index (χ0) is 27.8. The number of carbonyl (C=O) groups is 1. The molecule has 0 aliphatic carbocycles. The fraction of sp³-hybridized carbons (Fsp3) is 0.360. The van der Waals surface area contributed by atoms with Crippen LogP contribution in [0.4, 0.5) is 0 Å². The van der Waals surface area contributed by atoms with Crippen LogP contribution in [0.5, 0.6) is 5.88 Å². The maximum Gasteiger partial charge on any atom is 0.264 e. The Kier molecular flexibility index (Phi) is 7.80. The van der Waals surface area contributed by atoms with Crippen molar-refractivity contribution in [3.8, 4) is 16.6 Å². The first kappa shape index (κ1) is 28.0. The molecule has 1 atom stereocenters. The van der Waals surface area contributed by atoms with E-state index in [1.165, 1.54) is 6.20 Å². The number of fused-ring (bicyclic) bond motifs is 1. The number of aromatic nitrogens is 4. The van der Waals surface area contributed by atoms with E-state index in [4.69, 9.17) is 22.1 Å². The van der Waals surface area contributed by atoms with Gasteiger partial charge in [0.25, 0.3) is 5.91 Å². The number of nitrogens with two attached hydrogens (primary N) is 1. The Hall–Kier alpha value is -3.06. The highest BCUT2D eigenvalue weighted by Crippen LogP contribution is 2.36. The van der Waals surface area contributed by atoms with E-state index in [1.807, 2.05) is 25.1 Å². The molecule has 1 amide bonds. The second-order valence-corrected chi connectivity index (χ2v) is 13.6. The number of halogens is 1. The summed E-state index contributed by atoms with van der Waals surface area (Å²) in [5.41, 5.74) is 8.78. The lowest BCUT2D eigenvalue weighted by Gasteiger charge is -2.21. The van der Waals surface area contributed by atoms with Crippen molar-refractivity contribution >= 4 is 44.3 Å². The molecule has 0 aliphatic rings. The molecule has 0 aliphatic heterocycles. The number of hydrogen-bond acceptors (Lipinski definition) is 9. The van der Waals surface area contributed by atoms with E-state index >= 15 is 0 Å². The topological polar surface area (TPSA) is 142 Å². The van der Waals surface area contributed by atoms with Crippen LogP contribution in [0, 0.1) is 0 Å². The monoisotopic (exact) mass is 576 g/mol. The number of hydrogen-bond donors (Lipinski definition) is 2. The van der Waals surface area contributed by atoms with E-state index in [0.717, 1.165) is 28.7 Å². The van der Waals surface area contributed by atoms with Crippen molar-refractivity contribution in [2.45, 2.75) is 51.6 Å². The predicted octanol–water partition coefficient (Wildman–Crippen LogP) is 4.18. The first-order chi connectivity index (χ1) is 17.7. The second-order valence-electron chi connectivity index (χ2n) is 10.1. The van der Waals surface area contributed by atoms with Crippen molar-refractivity contribution in [1.82, 2.24) is 24.7 Å².